The van der Waals surface area contributed by atoms with Gasteiger partial charge in [-0.3, -0.25) is 4.79 Å². The number of benzene rings is 2. The molecule has 1 fully saturated rings. The number of carbonyl (C=O) groups excluding carboxylic acids is 1. The van der Waals surface area contributed by atoms with Crippen LogP contribution >= 0.6 is 0 Å². The second-order valence-corrected chi connectivity index (χ2v) is 8.44. The molecular weight excluding hydrogens is 410 g/mol. The Morgan fingerprint density at radius 2 is 1.91 bits per heavy atom. The van der Waals surface area contributed by atoms with Crippen LogP contribution in [0.4, 0.5) is 0 Å². The van der Waals surface area contributed by atoms with E-state index in [2.05, 4.69) is 10.1 Å². The molecule has 0 spiro atoms. The highest BCUT2D eigenvalue weighted by Gasteiger charge is 2.35. The van der Waals surface area contributed by atoms with Gasteiger partial charge in [-0.2, -0.15) is 0 Å². The van der Waals surface area contributed by atoms with E-state index in [1.807, 2.05) is 47.4 Å². The molecule has 3 aromatic rings. The van der Waals surface area contributed by atoms with Crippen LogP contribution in [0, 0.1) is 0 Å². The van der Waals surface area contributed by atoms with Gasteiger partial charge in [0.15, 0.2) is 23.0 Å². The van der Waals surface area contributed by atoms with E-state index in [1.54, 1.807) is 0 Å². The van der Waals surface area contributed by atoms with Gasteiger partial charge in [0, 0.05) is 31.8 Å². The summed E-state index contributed by atoms with van der Waals surface area (Å²) in [7, 11) is 0. The zero-order valence-corrected chi connectivity index (χ0v) is 17.5. The number of hydrogen-bond donors (Lipinski definition) is 0. The van der Waals surface area contributed by atoms with Crippen LogP contribution in [0.2, 0.25) is 0 Å². The molecule has 32 heavy (non-hydrogen) atoms. The van der Waals surface area contributed by atoms with Gasteiger partial charge in [-0.05, 0) is 42.7 Å². The Morgan fingerprint density at radius 1 is 1.06 bits per heavy atom. The summed E-state index contributed by atoms with van der Waals surface area (Å²) in [6.45, 7) is 1.58. The number of fused-ring (bicyclic) bond motifs is 2. The summed E-state index contributed by atoms with van der Waals surface area (Å²) in [6, 6.07) is 13.6. The van der Waals surface area contributed by atoms with Gasteiger partial charge in [0.2, 0.25) is 12.9 Å². The van der Waals surface area contributed by atoms with E-state index in [4.69, 9.17) is 18.7 Å². The number of oxazole rings is 1. The molecule has 2 aromatic carbocycles. The lowest BCUT2D eigenvalue weighted by atomic mass is 9.96. The lowest BCUT2D eigenvalue weighted by Gasteiger charge is -2.31. The van der Waals surface area contributed by atoms with Gasteiger partial charge in [-0.25, -0.2) is 4.98 Å². The quantitative estimate of drug-likeness (QED) is 0.624. The first-order valence-corrected chi connectivity index (χ1v) is 11.0. The topological polar surface area (TPSA) is 86.4 Å². The molecule has 6 rings (SSSR count). The van der Waals surface area contributed by atoms with Crippen LogP contribution in [0.1, 0.15) is 36.6 Å². The summed E-state index contributed by atoms with van der Waals surface area (Å²) >= 11 is 0. The Labute approximate surface area is 184 Å². The van der Waals surface area contributed by atoms with E-state index >= 15 is 0 Å². The molecule has 1 aromatic heterocycles. The second kappa shape index (κ2) is 7.85. The number of amides is 1. The Bertz CT molecular complexity index is 1160. The van der Waals surface area contributed by atoms with Crippen LogP contribution in [0.25, 0.3) is 11.1 Å². The molecule has 4 heterocycles. The van der Waals surface area contributed by atoms with Crippen molar-refractivity contribution in [1.29, 1.82) is 0 Å². The Balaban J connectivity index is 1.03. The van der Waals surface area contributed by atoms with E-state index in [-0.39, 0.29) is 18.6 Å². The number of rotatable bonds is 4. The number of oxime groups is 1. The first-order valence-electron chi connectivity index (χ1n) is 11.0. The van der Waals surface area contributed by atoms with Crippen LogP contribution in [-0.2, 0) is 16.1 Å². The van der Waals surface area contributed by atoms with Crippen molar-refractivity contribution in [1.82, 2.24) is 9.88 Å². The van der Waals surface area contributed by atoms with Crippen molar-refractivity contribution in [3.63, 3.8) is 0 Å². The summed E-state index contributed by atoms with van der Waals surface area (Å²) in [5.41, 5.74) is 3.62. The van der Waals surface area contributed by atoms with Crippen LogP contribution in [-0.4, -0.2) is 47.5 Å². The third-order valence-corrected chi connectivity index (χ3v) is 6.32. The molecule has 1 saturated heterocycles. The van der Waals surface area contributed by atoms with E-state index in [0.717, 1.165) is 52.6 Å². The SMILES string of the molecule is O=C(C1CC(Cc2ccc3c(c2)OCO3)=NO1)N1CCC(c2nc3ccccc3o2)CC1. The molecule has 1 amide bonds. The molecule has 3 aliphatic rings. The number of likely N-dealkylation sites (tertiary alicyclic amines) is 1. The lowest BCUT2D eigenvalue weighted by molar-refractivity contribution is -0.143. The van der Waals surface area contributed by atoms with Gasteiger partial charge in [-0.1, -0.05) is 23.4 Å². The molecule has 0 saturated carbocycles. The van der Waals surface area contributed by atoms with Crippen molar-refractivity contribution in [2.24, 2.45) is 5.16 Å². The predicted molar refractivity (Wildman–Crippen MR) is 116 cm³/mol. The summed E-state index contributed by atoms with van der Waals surface area (Å²) in [5.74, 6) is 2.51. The van der Waals surface area contributed by atoms with Crippen molar-refractivity contribution in [2.75, 3.05) is 19.9 Å². The number of para-hydroxylation sites is 2. The molecule has 0 bridgehead atoms. The minimum Gasteiger partial charge on any atom is -0.454 e. The molecular formula is C24H23N3O5. The lowest BCUT2D eigenvalue weighted by Crippen LogP contribution is -2.43. The Kier molecular flexibility index (Phi) is 4.70. The smallest absolute Gasteiger partial charge is 0.266 e. The fourth-order valence-electron chi connectivity index (χ4n) is 4.57. The van der Waals surface area contributed by atoms with Gasteiger partial charge in [0.25, 0.3) is 5.91 Å². The van der Waals surface area contributed by atoms with E-state index in [9.17, 15) is 4.79 Å². The normalized spacial score (nSPS) is 20.4. The van der Waals surface area contributed by atoms with E-state index < -0.39 is 6.10 Å². The minimum atomic E-state index is -0.542. The standard InChI is InChI=1S/C24H23N3O5/c28-24(22-13-17(26-32-22)11-15-5-6-20-21(12-15)30-14-29-20)27-9-7-16(8-10-27)23-25-18-3-1-2-4-19(18)31-23/h1-6,12,16,22H,7-11,13-14H2. The van der Waals surface area contributed by atoms with Crippen LogP contribution in [0.3, 0.4) is 0 Å². The summed E-state index contributed by atoms with van der Waals surface area (Å²) in [4.78, 5) is 25.0. The van der Waals surface area contributed by atoms with E-state index in [0.29, 0.717) is 25.9 Å². The summed E-state index contributed by atoms with van der Waals surface area (Å²) in [6.07, 6.45) is 2.25. The fourth-order valence-corrected chi connectivity index (χ4v) is 4.57. The molecule has 1 unspecified atom stereocenters. The zero-order valence-electron chi connectivity index (χ0n) is 17.5. The second-order valence-electron chi connectivity index (χ2n) is 8.44. The number of carbonyl (C=O) groups is 1. The highest BCUT2D eigenvalue weighted by Crippen LogP contribution is 2.33. The number of ether oxygens (including phenoxy) is 2. The van der Waals surface area contributed by atoms with Crippen molar-refractivity contribution in [3.05, 3.63) is 53.9 Å². The molecule has 0 N–H and O–H groups in total. The monoisotopic (exact) mass is 433 g/mol. The highest BCUT2D eigenvalue weighted by molar-refractivity contribution is 5.94. The van der Waals surface area contributed by atoms with Crippen molar-refractivity contribution >= 4 is 22.7 Å². The van der Waals surface area contributed by atoms with Gasteiger partial charge in [0.05, 0.1) is 5.71 Å². The molecule has 0 radical (unpaired) electrons. The van der Waals surface area contributed by atoms with Gasteiger partial charge >= 0.3 is 0 Å². The fraction of sp³-hybridized carbons (Fsp3) is 0.375. The molecule has 1 atom stereocenters. The third-order valence-electron chi connectivity index (χ3n) is 6.32. The molecule has 8 nitrogen and oxygen atoms in total. The van der Waals surface area contributed by atoms with Gasteiger partial charge < -0.3 is 23.6 Å². The van der Waals surface area contributed by atoms with Crippen LogP contribution < -0.4 is 9.47 Å². The van der Waals surface area contributed by atoms with Gasteiger partial charge in [-0.15, -0.1) is 0 Å². The molecule has 164 valence electrons. The maximum absolute atomic E-state index is 13.0. The average Bonchev–Trinajstić information content (AvgIpc) is 3.57. The average molecular weight is 433 g/mol. The summed E-state index contributed by atoms with van der Waals surface area (Å²) < 4.78 is 16.7. The largest absolute Gasteiger partial charge is 0.454 e. The zero-order chi connectivity index (χ0) is 21.5. The van der Waals surface area contributed by atoms with Crippen molar-refractivity contribution in [2.45, 2.75) is 37.7 Å². The molecule has 3 aliphatic heterocycles. The minimum absolute atomic E-state index is 0.00505. The number of nitrogens with zero attached hydrogens (tertiary/aromatic N) is 3. The highest BCUT2D eigenvalue weighted by atomic mass is 16.7. The number of hydrogen-bond acceptors (Lipinski definition) is 7. The van der Waals surface area contributed by atoms with Gasteiger partial charge in [0.1, 0.15) is 5.52 Å². The third kappa shape index (κ3) is 3.55. The van der Waals surface area contributed by atoms with Crippen LogP contribution in [0.15, 0.2) is 52.0 Å². The molecule has 0 aliphatic carbocycles. The Hall–Kier alpha value is -3.55. The number of aromatic nitrogens is 1. The molecule has 8 heteroatoms. The first kappa shape index (κ1) is 19.2. The maximum Gasteiger partial charge on any atom is 0.266 e. The first-order chi connectivity index (χ1) is 15.7. The van der Waals surface area contributed by atoms with E-state index in [1.165, 1.54) is 0 Å². The predicted octanol–water partition coefficient (Wildman–Crippen LogP) is 3.65. The summed E-state index contributed by atoms with van der Waals surface area (Å²) in [5, 5.41) is 4.18. The number of piperidine rings is 1. The Morgan fingerprint density at radius 3 is 2.78 bits per heavy atom. The van der Waals surface area contributed by atoms with Crippen molar-refractivity contribution < 1.29 is 23.5 Å². The maximum atomic E-state index is 13.0. The van der Waals surface area contributed by atoms with Crippen LogP contribution in [0.5, 0.6) is 11.5 Å². The van der Waals surface area contributed by atoms with Crippen molar-refractivity contribution in [3.8, 4) is 11.5 Å².